The summed E-state index contributed by atoms with van der Waals surface area (Å²) in [6, 6.07) is 0. The van der Waals surface area contributed by atoms with Gasteiger partial charge in [-0.05, 0) is 24.7 Å². The molecular formula is C19H37IN4O. The molecule has 0 amide bonds. The van der Waals surface area contributed by atoms with E-state index < -0.39 is 0 Å². The van der Waals surface area contributed by atoms with Crippen LogP contribution in [-0.4, -0.2) is 74.3 Å². The first-order chi connectivity index (χ1) is 11.5. The van der Waals surface area contributed by atoms with Crippen molar-refractivity contribution < 1.29 is 4.74 Å². The Hall–Kier alpha value is -0.0800. The fraction of sp³-hybridized carbons (Fsp3) is 0.947. The molecule has 0 atom stereocenters. The molecule has 25 heavy (non-hydrogen) atoms. The van der Waals surface area contributed by atoms with Crippen LogP contribution in [-0.2, 0) is 4.74 Å². The van der Waals surface area contributed by atoms with Crippen LogP contribution in [0, 0.1) is 5.41 Å². The fourth-order valence-electron chi connectivity index (χ4n) is 4.72. The second kappa shape index (κ2) is 9.22. The smallest absolute Gasteiger partial charge is 0.193 e. The minimum Gasteiger partial charge on any atom is -0.379 e. The molecule has 1 aliphatic carbocycles. The summed E-state index contributed by atoms with van der Waals surface area (Å²) in [7, 11) is 1.93. The third kappa shape index (κ3) is 5.22. The lowest BCUT2D eigenvalue weighted by molar-refractivity contribution is -0.0354. The van der Waals surface area contributed by atoms with Crippen molar-refractivity contribution in [3.8, 4) is 0 Å². The van der Waals surface area contributed by atoms with Crippen LogP contribution in [0.2, 0.25) is 0 Å². The van der Waals surface area contributed by atoms with E-state index in [0.29, 0.717) is 11.0 Å². The van der Waals surface area contributed by atoms with Crippen LogP contribution in [0.1, 0.15) is 52.4 Å². The van der Waals surface area contributed by atoms with Gasteiger partial charge in [-0.3, -0.25) is 9.89 Å². The molecule has 5 nitrogen and oxygen atoms in total. The third-order valence-corrected chi connectivity index (χ3v) is 6.23. The molecule has 0 unspecified atom stereocenters. The van der Waals surface area contributed by atoms with Crippen molar-refractivity contribution in [2.75, 3.05) is 53.0 Å². The number of halogens is 1. The number of morpholine rings is 1. The average molecular weight is 464 g/mol. The van der Waals surface area contributed by atoms with Crippen molar-refractivity contribution >= 4 is 29.9 Å². The molecule has 3 aliphatic rings. The minimum atomic E-state index is 0. The maximum atomic E-state index is 5.59. The molecule has 0 spiro atoms. The summed E-state index contributed by atoms with van der Waals surface area (Å²) >= 11 is 0. The van der Waals surface area contributed by atoms with E-state index in [9.17, 15) is 0 Å². The van der Waals surface area contributed by atoms with Gasteiger partial charge in [0.05, 0.1) is 13.2 Å². The highest BCUT2D eigenvalue weighted by Crippen LogP contribution is 2.34. The maximum Gasteiger partial charge on any atom is 0.193 e. The third-order valence-electron chi connectivity index (χ3n) is 6.23. The largest absolute Gasteiger partial charge is 0.379 e. The molecule has 1 saturated carbocycles. The van der Waals surface area contributed by atoms with E-state index in [1.54, 1.807) is 0 Å². The number of rotatable bonds is 3. The number of hydrogen-bond donors (Lipinski definition) is 1. The van der Waals surface area contributed by atoms with Gasteiger partial charge in [-0.2, -0.15) is 0 Å². The molecule has 0 radical (unpaired) electrons. The van der Waals surface area contributed by atoms with E-state index in [-0.39, 0.29) is 24.0 Å². The Morgan fingerprint density at radius 2 is 1.72 bits per heavy atom. The summed E-state index contributed by atoms with van der Waals surface area (Å²) in [4.78, 5) is 9.72. The molecule has 0 bridgehead atoms. The number of guanidine groups is 1. The SMILES string of the molecule is CN=C(NCC1(N2CCOCC2)CCCCC1)N1CCC(C)(C)C1.I. The summed E-state index contributed by atoms with van der Waals surface area (Å²) in [6.07, 6.45) is 7.97. The Labute approximate surface area is 171 Å². The topological polar surface area (TPSA) is 40.1 Å². The number of hydrogen-bond acceptors (Lipinski definition) is 3. The van der Waals surface area contributed by atoms with Gasteiger partial charge >= 0.3 is 0 Å². The van der Waals surface area contributed by atoms with Crippen molar-refractivity contribution in [3.63, 3.8) is 0 Å². The molecule has 146 valence electrons. The van der Waals surface area contributed by atoms with Crippen LogP contribution in [0.15, 0.2) is 4.99 Å². The first-order valence-electron chi connectivity index (χ1n) is 9.83. The molecule has 0 aromatic heterocycles. The fourth-order valence-corrected chi connectivity index (χ4v) is 4.72. The van der Waals surface area contributed by atoms with Crippen molar-refractivity contribution in [3.05, 3.63) is 0 Å². The average Bonchev–Trinajstić information content (AvgIpc) is 2.97. The van der Waals surface area contributed by atoms with E-state index in [1.165, 1.54) is 38.5 Å². The summed E-state index contributed by atoms with van der Waals surface area (Å²) in [5, 5.41) is 3.75. The van der Waals surface area contributed by atoms with E-state index in [0.717, 1.165) is 51.9 Å². The Morgan fingerprint density at radius 1 is 1.04 bits per heavy atom. The summed E-state index contributed by atoms with van der Waals surface area (Å²) in [5.41, 5.74) is 0.706. The molecule has 0 aromatic carbocycles. The molecule has 1 N–H and O–H groups in total. The van der Waals surface area contributed by atoms with Crippen molar-refractivity contribution in [1.82, 2.24) is 15.1 Å². The highest BCUT2D eigenvalue weighted by molar-refractivity contribution is 14.0. The van der Waals surface area contributed by atoms with E-state index >= 15 is 0 Å². The molecule has 2 saturated heterocycles. The lowest BCUT2D eigenvalue weighted by atomic mass is 9.79. The predicted octanol–water partition coefficient (Wildman–Crippen LogP) is 2.95. The predicted molar refractivity (Wildman–Crippen MR) is 115 cm³/mol. The molecular weight excluding hydrogens is 427 g/mol. The zero-order valence-corrected chi connectivity index (χ0v) is 18.7. The van der Waals surface area contributed by atoms with Gasteiger partial charge in [-0.25, -0.2) is 0 Å². The number of ether oxygens (including phenoxy) is 1. The molecule has 2 heterocycles. The Bertz CT molecular complexity index is 443. The molecule has 6 heteroatoms. The van der Waals surface area contributed by atoms with Crippen LogP contribution >= 0.6 is 24.0 Å². The van der Waals surface area contributed by atoms with Crippen molar-refractivity contribution in [2.45, 2.75) is 57.9 Å². The van der Waals surface area contributed by atoms with Gasteiger partial charge in [0.15, 0.2) is 5.96 Å². The van der Waals surface area contributed by atoms with Crippen LogP contribution in [0.5, 0.6) is 0 Å². The number of likely N-dealkylation sites (tertiary alicyclic amines) is 1. The second-order valence-electron chi connectivity index (χ2n) is 8.62. The van der Waals surface area contributed by atoms with Gasteiger partial charge in [-0.1, -0.05) is 33.1 Å². The van der Waals surface area contributed by atoms with Crippen molar-refractivity contribution in [1.29, 1.82) is 0 Å². The minimum absolute atomic E-state index is 0. The zero-order valence-electron chi connectivity index (χ0n) is 16.4. The summed E-state index contributed by atoms with van der Waals surface area (Å²) in [6.45, 7) is 11.9. The number of nitrogens with one attached hydrogen (secondary N) is 1. The monoisotopic (exact) mass is 464 g/mol. The summed E-state index contributed by atoms with van der Waals surface area (Å²) in [5.74, 6) is 1.10. The standard InChI is InChI=1S/C19H36N4O.HI/c1-18(2)9-10-22(16-18)17(20-3)21-15-19(7-5-4-6-8-19)23-11-13-24-14-12-23;/h4-16H2,1-3H3,(H,20,21);1H. The maximum absolute atomic E-state index is 5.59. The normalized spacial score (nSPS) is 27.0. The Morgan fingerprint density at radius 3 is 2.28 bits per heavy atom. The van der Waals surface area contributed by atoms with Crippen LogP contribution in [0.25, 0.3) is 0 Å². The van der Waals surface area contributed by atoms with E-state index in [1.807, 2.05) is 7.05 Å². The van der Waals surface area contributed by atoms with E-state index in [2.05, 4.69) is 34.0 Å². The number of nitrogens with zero attached hydrogens (tertiary/aromatic N) is 3. The van der Waals surface area contributed by atoms with Gasteiger partial charge in [0.25, 0.3) is 0 Å². The lowest BCUT2D eigenvalue weighted by Gasteiger charge is -2.48. The summed E-state index contributed by atoms with van der Waals surface area (Å²) < 4.78 is 5.59. The second-order valence-corrected chi connectivity index (χ2v) is 8.62. The van der Waals surface area contributed by atoms with Gasteiger partial charge < -0.3 is 15.0 Å². The quantitative estimate of drug-likeness (QED) is 0.396. The zero-order chi connectivity index (χ0) is 17.0. The van der Waals surface area contributed by atoms with Crippen molar-refractivity contribution in [2.24, 2.45) is 10.4 Å². The van der Waals surface area contributed by atoms with Gasteiger partial charge in [0.1, 0.15) is 0 Å². The Balaban J connectivity index is 0.00000225. The van der Waals surface area contributed by atoms with Gasteiger partial charge in [0.2, 0.25) is 0 Å². The van der Waals surface area contributed by atoms with E-state index in [4.69, 9.17) is 4.74 Å². The lowest BCUT2D eigenvalue weighted by Crippen LogP contribution is -2.60. The van der Waals surface area contributed by atoms with Gasteiger partial charge in [-0.15, -0.1) is 24.0 Å². The first-order valence-corrected chi connectivity index (χ1v) is 9.83. The van der Waals surface area contributed by atoms with Crippen LogP contribution in [0.3, 0.4) is 0 Å². The highest BCUT2D eigenvalue weighted by Gasteiger charge is 2.39. The van der Waals surface area contributed by atoms with Gasteiger partial charge in [0, 0.05) is 45.3 Å². The first kappa shape index (κ1) is 21.2. The molecule has 0 aromatic rings. The molecule has 3 fully saturated rings. The molecule has 3 rings (SSSR count). The highest BCUT2D eigenvalue weighted by atomic mass is 127. The number of aliphatic imine (C=N–C) groups is 1. The van der Waals surface area contributed by atoms with Crippen LogP contribution < -0.4 is 5.32 Å². The molecule has 2 aliphatic heterocycles. The Kier molecular flexibility index (Phi) is 7.83. The van der Waals surface area contributed by atoms with Crippen LogP contribution in [0.4, 0.5) is 0 Å².